The van der Waals surface area contributed by atoms with Crippen LogP contribution in [0.1, 0.15) is 13.8 Å². The fraction of sp³-hybridized carbons (Fsp3) is 0.318. The highest BCUT2D eigenvalue weighted by Crippen LogP contribution is 2.35. The summed E-state index contributed by atoms with van der Waals surface area (Å²) in [4.78, 5) is 6.37. The predicted molar refractivity (Wildman–Crippen MR) is 105 cm³/mol. The van der Waals surface area contributed by atoms with Crippen molar-refractivity contribution in [3.63, 3.8) is 0 Å². The van der Waals surface area contributed by atoms with Crippen LogP contribution in [0, 0.1) is 11.2 Å². The number of benzene rings is 1. The van der Waals surface area contributed by atoms with Crippen molar-refractivity contribution in [3.05, 3.63) is 66.9 Å². The normalized spacial score (nSPS) is 11.9. The molecule has 26 heavy (non-hydrogen) atoms. The van der Waals surface area contributed by atoms with Gasteiger partial charge in [-0.3, -0.25) is 4.98 Å². The molecule has 0 spiro atoms. The third-order valence-electron chi connectivity index (χ3n) is 4.42. The van der Waals surface area contributed by atoms with E-state index in [0.29, 0.717) is 0 Å². The first kappa shape index (κ1) is 18.3. The molecule has 0 saturated heterocycles. The van der Waals surface area contributed by atoms with Crippen LogP contribution in [0.5, 0.6) is 0 Å². The Morgan fingerprint density at radius 2 is 1.62 bits per heavy atom. The average molecular weight is 351 g/mol. The Morgan fingerprint density at radius 3 is 2.23 bits per heavy atom. The fourth-order valence-corrected chi connectivity index (χ4v) is 3.67. The second-order valence-corrected chi connectivity index (χ2v) is 7.85. The Hall–Kier alpha value is -2.46. The van der Waals surface area contributed by atoms with Crippen molar-refractivity contribution in [2.24, 2.45) is 5.41 Å². The quantitative estimate of drug-likeness (QED) is 0.627. The van der Waals surface area contributed by atoms with Crippen LogP contribution in [0.4, 0.5) is 4.39 Å². The van der Waals surface area contributed by atoms with E-state index >= 15 is 0 Å². The average Bonchev–Trinajstić information content (AvgIpc) is 2.97. The van der Waals surface area contributed by atoms with Gasteiger partial charge < -0.3 is 9.47 Å². The number of rotatable bonds is 6. The lowest BCUT2D eigenvalue weighted by atomic mass is 9.92. The Kier molecular flexibility index (Phi) is 5.23. The molecule has 0 aliphatic carbocycles. The summed E-state index contributed by atoms with van der Waals surface area (Å²) in [5.41, 5.74) is 4.50. The number of hydrogen-bond acceptors (Lipinski definition) is 2. The molecular weight excluding hydrogens is 325 g/mol. The zero-order valence-corrected chi connectivity index (χ0v) is 15.9. The Bertz CT molecular complexity index is 849. The molecule has 0 N–H and O–H groups in total. The maximum atomic E-state index is 13.4. The smallest absolute Gasteiger partial charge is 0.123 e. The van der Waals surface area contributed by atoms with Crippen LogP contribution in [0.25, 0.3) is 22.4 Å². The van der Waals surface area contributed by atoms with Crippen LogP contribution in [0.3, 0.4) is 0 Å². The minimum Gasteiger partial charge on any atom is -0.346 e. The monoisotopic (exact) mass is 351 g/mol. The molecule has 3 aromatic rings. The zero-order chi connectivity index (χ0) is 18.7. The van der Waals surface area contributed by atoms with E-state index < -0.39 is 0 Å². The van der Waals surface area contributed by atoms with Crippen LogP contribution in [-0.4, -0.2) is 35.1 Å². The standard InChI is InChI=1S/C22H26FN3/c1-22(2,15-25(3)4)16-26-14-11-20(17-5-7-19(23)8-6-17)21(26)18-9-12-24-13-10-18/h5-14H,15-16H2,1-4H3. The summed E-state index contributed by atoms with van der Waals surface area (Å²) >= 11 is 0. The van der Waals surface area contributed by atoms with Crippen LogP contribution >= 0.6 is 0 Å². The Balaban J connectivity index is 2.07. The van der Waals surface area contributed by atoms with Crippen molar-refractivity contribution in [1.82, 2.24) is 14.5 Å². The lowest BCUT2D eigenvalue weighted by molar-refractivity contribution is 0.212. The van der Waals surface area contributed by atoms with Gasteiger partial charge in [0.15, 0.2) is 0 Å². The summed E-state index contributed by atoms with van der Waals surface area (Å²) in [6.45, 7) is 6.44. The van der Waals surface area contributed by atoms with E-state index in [0.717, 1.165) is 35.5 Å². The van der Waals surface area contributed by atoms with Crippen LogP contribution in [-0.2, 0) is 6.54 Å². The van der Waals surface area contributed by atoms with Crippen molar-refractivity contribution in [2.75, 3.05) is 20.6 Å². The first-order valence-corrected chi connectivity index (χ1v) is 8.86. The number of hydrogen-bond donors (Lipinski definition) is 0. The molecule has 0 atom stereocenters. The maximum absolute atomic E-state index is 13.4. The summed E-state index contributed by atoms with van der Waals surface area (Å²) in [7, 11) is 4.20. The van der Waals surface area contributed by atoms with E-state index in [2.05, 4.69) is 54.7 Å². The molecule has 0 radical (unpaired) electrons. The molecule has 0 aliphatic heterocycles. The molecule has 0 amide bonds. The maximum Gasteiger partial charge on any atom is 0.123 e. The van der Waals surface area contributed by atoms with E-state index in [-0.39, 0.29) is 11.2 Å². The molecule has 0 fully saturated rings. The first-order chi connectivity index (χ1) is 12.4. The molecule has 0 aliphatic rings. The van der Waals surface area contributed by atoms with Crippen LogP contribution < -0.4 is 0 Å². The lowest BCUT2D eigenvalue weighted by Gasteiger charge is -2.30. The SMILES string of the molecule is CN(C)CC(C)(C)Cn1ccc(-c2ccc(F)cc2)c1-c1ccncc1. The van der Waals surface area contributed by atoms with Gasteiger partial charge in [-0.15, -0.1) is 0 Å². The second kappa shape index (κ2) is 7.42. The zero-order valence-electron chi connectivity index (χ0n) is 15.9. The molecular formula is C22H26FN3. The number of halogens is 1. The van der Waals surface area contributed by atoms with E-state index in [4.69, 9.17) is 0 Å². The highest BCUT2D eigenvalue weighted by molar-refractivity contribution is 5.81. The molecule has 2 aromatic heterocycles. The van der Waals surface area contributed by atoms with Crippen LogP contribution in [0.2, 0.25) is 0 Å². The van der Waals surface area contributed by atoms with Gasteiger partial charge in [0.05, 0.1) is 5.69 Å². The van der Waals surface area contributed by atoms with E-state index in [1.807, 2.05) is 36.7 Å². The van der Waals surface area contributed by atoms with Gasteiger partial charge in [0.1, 0.15) is 5.82 Å². The number of aromatic nitrogens is 2. The predicted octanol–water partition coefficient (Wildman–Crippen LogP) is 4.94. The van der Waals surface area contributed by atoms with Gasteiger partial charge in [0.25, 0.3) is 0 Å². The molecule has 3 rings (SSSR count). The summed E-state index contributed by atoms with van der Waals surface area (Å²) in [6, 6.07) is 12.9. The van der Waals surface area contributed by atoms with Crippen molar-refractivity contribution in [2.45, 2.75) is 20.4 Å². The molecule has 4 heteroatoms. The topological polar surface area (TPSA) is 21.1 Å². The molecule has 136 valence electrons. The number of nitrogens with zero attached hydrogens (tertiary/aromatic N) is 3. The van der Waals surface area contributed by atoms with Gasteiger partial charge in [0, 0.05) is 42.8 Å². The number of pyridine rings is 1. The summed E-state index contributed by atoms with van der Waals surface area (Å²) in [5, 5.41) is 0. The minimum atomic E-state index is -0.217. The van der Waals surface area contributed by atoms with Crippen LogP contribution in [0.15, 0.2) is 61.1 Å². The van der Waals surface area contributed by atoms with Crippen molar-refractivity contribution < 1.29 is 4.39 Å². The van der Waals surface area contributed by atoms with Crippen molar-refractivity contribution in [1.29, 1.82) is 0 Å². The summed E-state index contributed by atoms with van der Waals surface area (Å²) in [6.07, 6.45) is 5.75. The van der Waals surface area contributed by atoms with Crippen molar-refractivity contribution >= 4 is 0 Å². The highest BCUT2D eigenvalue weighted by Gasteiger charge is 2.22. The molecule has 1 aromatic carbocycles. The van der Waals surface area contributed by atoms with E-state index in [1.54, 1.807) is 0 Å². The van der Waals surface area contributed by atoms with Gasteiger partial charge >= 0.3 is 0 Å². The highest BCUT2D eigenvalue weighted by atomic mass is 19.1. The third kappa shape index (κ3) is 4.20. The largest absolute Gasteiger partial charge is 0.346 e. The van der Waals surface area contributed by atoms with Gasteiger partial charge in [0.2, 0.25) is 0 Å². The van der Waals surface area contributed by atoms with Crippen molar-refractivity contribution in [3.8, 4) is 22.4 Å². The Morgan fingerprint density at radius 1 is 0.962 bits per heavy atom. The summed E-state index contributed by atoms with van der Waals surface area (Å²) < 4.78 is 15.7. The minimum absolute atomic E-state index is 0.115. The van der Waals surface area contributed by atoms with Gasteiger partial charge in [-0.05, 0) is 55.4 Å². The molecule has 0 unspecified atom stereocenters. The van der Waals surface area contributed by atoms with E-state index in [1.165, 1.54) is 12.1 Å². The Labute approximate surface area is 155 Å². The third-order valence-corrected chi connectivity index (χ3v) is 4.42. The molecule has 0 saturated carbocycles. The summed E-state index contributed by atoms with van der Waals surface area (Å²) in [5.74, 6) is -0.217. The van der Waals surface area contributed by atoms with Gasteiger partial charge in [-0.1, -0.05) is 26.0 Å². The van der Waals surface area contributed by atoms with Gasteiger partial charge in [-0.2, -0.15) is 0 Å². The second-order valence-electron chi connectivity index (χ2n) is 7.85. The van der Waals surface area contributed by atoms with Gasteiger partial charge in [-0.25, -0.2) is 4.39 Å². The first-order valence-electron chi connectivity index (χ1n) is 8.86. The fourth-order valence-electron chi connectivity index (χ4n) is 3.67. The molecule has 2 heterocycles. The van der Waals surface area contributed by atoms with E-state index in [9.17, 15) is 4.39 Å². The molecule has 3 nitrogen and oxygen atoms in total. The molecule has 0 bridgehead atoms. The lowest BCUT2D eigenvalue weighted by Crippen LogP contribution is -2.32.